The molecule has 0 saturated carbocycles. The van der Waals surface area contributed by atoms with Gasteiger partial charge in [0.2, 0.25) is 0 Å². The monoisotopic (exact) mass is 466 g/mol. The van der Waals surface area contributed by atoms with E-state index in [-0.39, 0.29) is 23.9 Å². The van der Waals surface area contributed by atoms with E-state index in [0.29, 0.717) is 18.9 Å². The van der Waals surface area contributed by atoms with E-state index in [1.165, 1.54) is 16.3 Å². The highest BCUT2D eigenvalue weighted by Crippen LogP contribution is 2.27. The van der Waals surface area contributed by atoms with Crippen molar-refractivity contribution in [3.63, 3.8) is 0 Å². The molecular formula is C23H26N6O3S. The minimum absolute atomic E-state index is 0.112. The SMILES string of the molecule is C/C(=N\OCCO)c1ccc(=N)n(C(=N)Sc2ccc3ncc(N4CCOCC4)cc3c2)c1. The number of pyridine rings is 2. The molecule has 1 aliphatic rings. The first-order chi connectivity index (χ1) is 16.0. The number of oxime groups is 1. The summed E-state index contributed by atoms with van der Waals surface area (Å²) < 4.78 is 6.94. The van der Waals surface area contributed by atoms with E-state index < -0.39 is 0 Å². The highest BCUT2D eigenvalue weighted by Gasteiger charge is 2.13. The minimum atomic E-state index is -0.112. The Kier molecular flexibility index (Phi) is 7.38. The Morgan fingerprint density at radius 2 is 2.06 bits per heavy atom. The Labute approximate surface area is 195 Å². The zero-order chi connectivity index (χ0) is 23.2. The van der Waals surface area contributed by atoms with Gasteiger partial charge in [0.25, 0.3) is 0 Å². The van der Waals surface area contributed by atoms with Crippen LogP contribution in [0.2, 0.25) is 0 Å². The van der Waals surface area contributed by atoms with Gasteiger partial charge in [0.15, 0.2) is 5.17 Å². The Bertz CT molecular complexity index is 1240. The first-order valence-electron chi connectivity index (χ1n) is 10.6. The normalized spacial score (nSPS) is 14.5. The van der Waals surface area contributed by atoms with E-state index in [0.717, 1.165) is 40.1 Å². The number of aliphatic hydroxyl groups excluding tert-OH is 1. The number of benzene rings is 1. The second kappa shape index (κ2) is 10.6. The maximum atomic E-state index is 8.83. The molecule has 4 rings (SSSR count). The molecule has 3 N–H and O–H groups in total. The Morgan fingerprint density at radius 1 is 1.24 bits per heavy atom. The molecule has 33 heavy (non-hydrogen) atoms. The summed E-state index contributed by atoms with van der Waals surface area (Å²) in [5.41, 5.74) is 3.48. The van der Waals surface area contributed by atoms with E-state index in [9.17, 15) is 0 Å². The van der Waals surface area contributed by atoms with E-state index in [1.807, 2.05) is 24.4 Å². The number of rotatable bonds is 6. The number of nitrogens with one attached hydrogen (secondary N) is 2. The summed E-state index contributed by atoms with van der Waals surface area (Å²) in [6, 6.07) is 11.4. The number of aliphatic hydroxyl groups is 1. The van der Waals surface area contributed by atoms with Crippen molar-refractivity contribution in [2.75, 3.05) is 44.4 Å². The van der Waals surface area contributed by atoms with Crippen LogP contribution in [-0.2, 0) is 9.57 Å². The molecule has 0 bridgehead atoms. The van der Waals surface area contributed by atoms with Crippen molar-refractivity contribution in [3.05, 3.63) is 59.8 Å². The van der Waals surface area contributed by atoms with Crippen LogP contribution in [0, 0.1) is 10.8 Å². The molecule has 0 radical (unpaired) electrons. The second-order valence-electron chi connectivity index (χ2n) is 7.46. The fourth-order valence-corrected chi connectivity index (χ4v) is 4.23. The molecule has 0 atom stereocenters. The number of hydrogen-bond acceptors (Lipinski definition) is 9. The molecule has 1 fully saturated rings. The Hall–Kier alpha value is -3.21. The minimum Gasteiger partial charge on any atom is -0.393 e. The summed E-state index contributed by atoms with van der Waals surface area (Å²) in [5.74, 6) is 0. The lowest BCUT2D eigenvalue weighted by Crippen LogP contribution is -2.36. The van der Waals surface area contributed by atoms with Crippen molar-refractivity contribution in [3.8, 4) is 0 Å². The van der Waals surface area contributed by atoms with Crippen LogP contribution in [0.25, 0.3) is 10.9 Å². The molecule has 3 aromatic rings. The molecule has 1 aliphatic heterocycles. The van der Waals surface area contributed by atoms with E-state index >= 15 is 0 Å². The van der Waals surface area contributed by atoms with Gasteiger partial charge in [-0.05, 0) is 43.3 Å². The molecule has 1 aromatic carbocycles. The lowest BCUT2D eigenvalue weighted by atomic mass is 10.2. The lowest BCUT2D eigenvalue weighted by Gasteiger charge is -2.28. The molecule has 2 aromatic heterocycles. The van der Waals surface area contributed by atoms with Crippen molar-refractivity contribution in [1.82, 2.24) is 9.55 Å². The number of ether oxygens (including phenoxy) is 1. The molecule has 0 spiro atoms. The van der Waals surface area contributed by atoms with Crippen LogP contribution in [0.1, 0.15) is 12.5 Å². The van der Waals surface area contributed by atoms with Gasteiger partial charge < -0.3 is 19.6 Å². The van der Waals surface area contributed by atoms with Gasteiger partial charge in [-0.2, -0.15) is 0 Å². The van der Waals surface area contributed by atoms with Crippen LogP contribution in [0.15, 0.2) is 58.8 Å². The van der Waals surface area contributed by atoms with Crippen molar-refractivity contribution in [1.29, 1.82) is 10.8 Å². The van der Waals surface area contributed by atoms with Gasteiger partial charge in [0.1, 0.15) is 12.1 Å². The van der Waals surface area contributed by atoms with Crippen LogP contribution in [0.4, 0.5) is 5.69 Å². The molecule has 0 amide bonds. The lowest BCUT2D eigenvalue weighted by molar-refractivity contribution is 0.0986. The zero-order valence-corrected chi connectivity index (χ0v) is 19.1. The predicted octanol–water partition coefficient (Wildman–Crippen LogP) is 2.66. The quantitative estimate of drug-likeness (QED) is 0.169. The largest absolute Gasteiger partial charge is 0.393 e. The molecule has 0 unspecified atom stereocenters. The maximum Gasteiger partial charge on any atom is 0.171 e. The summed E-state index contributed by atoms with van der Waals surface area (Å²) in [4.78, 5) is 12.8. The third kappa shape index (κ3) is 5.59. The van der Waals surface area contributed by atoms with Gasteiger partial charge in [0.05, 0.1) is 42.9 Å². The number of anilines is 1. The van der Waals surface area contributed by atoms with Crippen LogP contribution < -0.4 is 10.4 Å². The third-order valence-electron chi connectivity index (χ3n) is 5.20. The molecule has 9 nitrogen and oxygen atoms in total. The number of nitrogens with zero attached hydrogens (tertiary/aromatic N) is 4. The van der Waals surface area contributed by atoms with E-state index in [2.05, 4.69) is 21.1 Å². The average molecular weight is 467 g/mol. The maximum absolute atomic E-state index is 8.83. The molecule has 3 heterocycles. The first-order valence-corrected chi connectivity index (χ1v) is 11.4. The topological polar surface area (TPSA) is 120 Å². The summed E-state index contributed by atoms with van der Waals surface area (Å²) >= 11 is 1.27. The van der Waals surface area contributed by atoms with Gasteiger partial charge in [-0.25, -0.2) is 0 Å². The summed E-state index contributed by atoms with van der Waals surface area (Å²) in [7, 11) is 0. The van der Waals surface area contributed by atoms with E-state index in [1.54, 1.807) is 25.3 Å². The fourth-order valence-electron chi connectivity index (χ4n) is 3.44. The summed E-state index contributed by atoms with van der Waals surface area (Å²) in [6.07, 6.45) is 3.59. The predicted molar refractivity (Wildman–Crippen MR) is 129 cm³/mol. The highest BCUT2D eigenvalue weighted by molar-refractivity contribution is 8.13. The van der Waals surface area contributed by atoms with E-state index in [4.69, 9.17) is 25.5 Å². The van der Waals surface area contributed by atoms with Gasteiger partial charge >= 0.3 is 0 Å². The van der Waals surface area contributed by atoms with Gasteiger partial charge in [-0.1, -0.05) is 16.9 Å². The highest BCUT2D eigenvalue weighted by atomic mass is 32.2. The van der Waals surface area contributed by atoms with Crippen LogP contribution in [-0.4, -0.2) is 65.1 Å². The number of fused-ring (bicyclic) bond motifs is 1. The van der Waals surface area contributed by atoms with Gasteiger partial charge in [-0.3, -0.25) is 20.4 Å². The number of morpholine rings is 1. The van der Waals surface area contributed by atoms with Crippen molar-refractivity contribution in [2.45, 2.75) is 11.8 Å². The smallest absolute Gasteiger partial charge is 0.171 e. The Balaban J connectivity index is 1.55. The molecular weight excluding hydrogens is 440 g/mol. The average Bonchev–Trinajstić information content (AvgIpc) is 2.84. The standard InChI is InChI=1S/C23H26N6O3S/c1-16(27-32-11-8-30)17-2-5-22(24)29(15-17)23(25)33-20-3-4-21-18(13-20)12-19(14-26-21)28-6-9-31-10-7-28/h2-5,12-15,24-25,30H,6-11H2,1H3/b24-22?,25-23?,27-16+. The molecule has 1 saturated heterocycles. The third-order valence-corrected chi connectivity index (χ3v) is 6.08. The van der Waals surface area contributed by atoms with Gasteiger partial charge in [0, 0.05) is 35.1 Å². The number of aromatic nitrogens is 2. The van der Waals surface area contributed by atoms with Crippen LogP contribution in [0.3, 0.4) is 0 Å². The zero-order valence-electron chi connectivity index (χ0n) is 18.3. The number of hydrogen-bond donors (Lipinski definition) is 3. The first kappa shape index (κ1) is 23.0. The molecule has 172 valence electrons. The van der Waals surface area contributed by atoms with Crippen LogP contribution >= 0.6 is 11.8 Å². The molecule has 10 heteroatoms. The van der Waals surface area contributed by atoms with Crippen molar-refractivity contribution < 1.29 is 14.7 Å². The van der Waals surface area contributed by atoms with Gasteiger partial charge in [-0.15, -0.1) is 0 Å². The number of thioether (sulfide) groups is 1. The summed E-state index contributed by atoms with van der Waals surface area (Å²) in [5, 5.41) is 30.8. The van der Waals surface area contributed by atoms with Crippen LogP contribution in [0.5, 0.6) is 0 Å². The molecule has 0 aliphatic carbocycles. The fraction of sp³-hybridized carbons (Fsp3) is 0.304. The van der Waals surface area contributed by atoms with Crippen molar-refractivity contribution >= 4 is 39.2 Å². The summed E-state index contributed by atoms with van der Waals surface area (Å²) in [6.45, 7) is 4.91. The Morgan fingerprint density at radius 3 is 2.85 bits per heavy atom. The van der Waals surface area contributed by atoms with Crippen molar-refractivity contribution in [2.24, 2.45) is 5.16 Å². The second-order valence-corrected chi connectivity index (χ2v) is 8.52.